The van der Waals surface area contributed by atoms with Crippen LogP contribution >= 0.6 is 27.5 Å². The van der Waals surface area contributed by atoms with E-state index in [1.54, 1.807) is 18.2 Å². The van der Waals surface area contributed by atoms with E-state index in [0.717, 1.165) is 10.5 Å². The minimum atomic E-state index is -1.40. The zero-order valence-electron chi connectivity index (χ0n) is 10.6. The SMILES string of the molecule is CC(O)(Cc1cccc(F)c1F)c1ccc(Br)cc1Cl. The fourth-order valence-electron chi connectivity index (χ4n) is 2.08. The first-order valence-electron chi connectivity index (χ1n) is 5.92. The van der Waals surface area contributed by atoms with Gasteiger partial charge in [-0.05, 0) is 30.7 Å². The first-order chi connectivity index (χ1) is 9.31. The minimum Gasteiger partial charge on any atom is -0.385 e. The van der Waals surface area contributed by atoms with Crippen LogP contribution in [0, 0.1) is 11.6 Å². The van der Waals surface area contributed by atoms with Crippen LogP contribution in [-0.2, 0) is 12.0 Å². The summed E-state index contributed by atoms with van der Waals surface area (Å²) < 4.78 is 27.7. The van der Waals surface area contributed by atoms with E-state index in [1.807, 2.05) is 0 Å². The summed E-state index contributed by atoms with van der Waals surface area (Å²) in [6, 6.07) is 8.93. The van der Waals surface area contributed by atoms with E-state index in [4.69, 9.17) is 11.6 Å². The van der Waals surface area contributed by atoms with E-state index in [0.29, 0.717) is 10.6 Å². The van der Waals surface area contributed by atoms with E-state index < -0.39 is 17.2 Å². The van der Waals surface area contributed by atoms with E-state index in [2.05, 4.69) is 15.9 Å². The van der Waals surface area contributed by atoms with Gasteiger partial charge in [0.2, 0.25) is 0 Å². The van der Waals surface area contributed by atoms with E-state index in [1.165, 1.54) is 19.1 Å². The second kappa shape index (κ2) is 5.80. The number of rotatable bonds is 3. The van der Waals surface area contributed by atoms with Gasteiger partial charge in [0.15, 0.2) is 11.6 Å². The lowest BCUT2D eigenvalue weighted by Crippen LogP contribution is -2.25. The first-order valence-corrected chi connectivity index (χ1v) is 7.09. The molecule has 2 aromatic rings. The molecule has 5 heteroatoms. The lowest BCUT2D eigenvalue weighted by Gasteiger charge is -2.25. The fourth-order valence-corrected chi connectivity index (χ4v) is 2.95. The predicted molar refractivity (Wildman–Crippen MR) is 78.8 cm³/mol. The van der Waals surface area contributed by atoms with Gasteiger partial charge in [-0.25, -0.2) is 8.78 Å². The average Bonchev–Trinajstić information content (AvgIpc) is 2.34. The first kappa shape index (κ1) is 15.4. The van der Waals surface area contributed by atoms with Crippen molar-refractivity contribution in [3.05, 3.63) is 68.7 Å². The number of aliphatic hydroxyl groups is 1. The third-order valence-electron chi connectivity index (χ3n) is 3.08. The van der Waals surface area contributed by atoms with Crippen LogP contribution in [0.25, 0.3) is 0 Å². The normalized spacial score (nSPS) is 14.1. The second-order valence-electron chi connectivity index (χ2n) is 4.79. The Morgan fingerprint density at radius 1 is 1.25 bits per heavy atom. The lowest BCUT2D eigenvalue weighted by atomic mass is 9.89. The van der Waals surface area contributed by atoms with Crippen molar-refractivity contribution in [1.82, 2.24) is 0 Å². The van der Waals surface area contributed by atoms with Gasteiger partial charge in [0, 0.05) is 21.5 Å². The van der Waals surface area contributed by atoms with Gasteiger partial charge in [-0.3, -0.25) is 0 Å². The Bertz CT molecular complexity index is 644. The van der Waals surface area contributed by atoms with Crippen LogP contribution in [0.15, 0.2) is 40.9 Å². The Kier molecular flexibility index (Phi) is 4.47. The Labute approximate surface area is 129 Å². The summed E-state index contributed by atoms with van der Waals surface area (Å²) in [6.45, 7) is 1.52. The molecule has 0 aliphatic carbocycles. The molecule has 0 spiro atoms. The van der Waals surface area contributed by atoms with Crippen molar-refractivity contribution in [1.29, 1.82) is 0 Å². The Morgan fingerprint density at radius 3 is 2.60 bits per heavy atom. The Hall–Kier alpha value is -0.970. The van der Waals surface area contributed by atoms with Crippen molar-refractivity contribution < 1.29 is 13.9 Å². The van der Waals surface area contributed by atoms with Gasteiger partial charge in [-0.1, -0.05) is 45.7 Å². The van der Waals surface area contributed by atoms with Crippen molar-refractivity contribution in [2.45, 2.75) is 18.9 Å². The Morgan fingerprint density at radius 2 is 1.95 bits per heavy atom. The molecule has 1 atom stereocenters. The number of benzene rings is 2. The average molecular weight is 362 g/mol. The molecule has 0 bridgehead atoms. The van der Waals surface area contributed by atoms with Crippen LogP contribution in [0.5, 0.6) is 0 Å². The molecule has 2 rings (SSSR count). The highest BCUT2D eigenvalue weighted by molar-refractivity contribution is 9.10. The predicted octanol–water partition coefficient (Wildman–Crippen LogP) is 4.83. The van der Waals surface area contributed by atoms with Crippen LogP contribution in [0.3, 0.4) is 0 Å². The molecule has 0 aromatic heterocycles. The van der Waals surface area contributed by atoms with Crippen LogP contribution in [0.1, 0.15) is 18.1 Å². The number of hydrogen-bond donors (Lipinski definition) is 1. The fraction of sp³-hybridized carbons (Fsp3) is 0.200. The molecule has 0 heterocycles. The molecule has 0 saturated carbocycles. The largest absolute Gasteiger partial charge is 0.385 e. The monoisotopic (exact) mass is 360 g/mol. The molecule has 20 heavy (non-hydrogen) atoms. The molecule has 0 radical (unpaired) electrons. The third-order valence-corrected chi connectivity index (χ3v) is 3.88. The summed E-state index contributed by atoms with van der Waals surface area (Å²) in [5, 5.41) is 10.9. The highest BCUT2D eigenvalue weighted by Gasteiger charge is 2.28. The van der Waals surface area contributed by atoms with Crippen molar-refractivity contribution in [2.75, 3.05) is 0 Å². The maximum Gasteiger partial charge on any atom is 0.162 e. The van der Waals surface area contributed by atoms with Crippen LogP contribution in [-0.4, -0.2) is 5.11 Å². The summed E-state index contributed by atoms with van der Waals surface area (Å²) in [4.78, 5) is 0. The smallest absolute Gasteiger partial charge is 0.162 e. The molecule has 106 valence electrons. The van der Waals surface area contributed by atoms with Gasteiger partial charge >= 0.3 is 0 Å². The van der Waals surface area contributed by atoms with Gasteiger partial charge in [-0.2, -0.15) is 0 Å². The standard InChI is InChI=1S/C15H12BrClF2O/c1-15(20,11-6-5-10(16)7-12(11)17)8-9-3-2-4-13(18)14(9)19/h2-7,20H,8H2,1H3. The zero-order valence-corrected chi connectivity index (χ0v) is 13.0. The van der Waals surface area contributed by atoms with Gasteiger partial charge < -0.3 is 5.11 Å². The zero-order chi connectivity index (χ0) is 14.9. The summed E-state index contributed by atoms with van der Waals surface area (Å²) >= 11 is 9.37. The van der Waals surface area contributed by atoms with Crippen molar-refractivity contribution >= 4 is 27.5 Å². The highest BCUT2D eigenvalue weighted by atomic mass is 79.9. The quantitative estimate of drug-likeness (QED) is 0.830. The van der Waals surface area contributed by atoms with E-state index >= 15 is 0 Å². The maximum absolute atomic E-state index is 13.7. The van der Waals surface area contributed by atoms with Crippen LogP contribution in [0.2, 0.25) is 5.02 Å². The Balaban J connectivity index is 2.38. The van der Waals surface area contributed by atoms with Crippen LogP contribution in [0.4, 0.5) is 8.78 Å². The third kappa shape index (κ3) is 3.19. The van der Waals surface area contributed by atoms with Gasteiger partial charge in [0.1, 0.15) is 0 Å². The molecule has 0 fully saturated rings. The number of halogens is 4. The highest BCUT2D eigenvalue weighted by Crippen LogP contribution is 2.33. The summed E-state index contributed by atoms with van der Waals surface area (Å²) in [5.74, 6) is -1.87. The van der Waals surface area contributed by atoms with E-state index in [9.17, 15) is 13.9 Å². The molecular formula is C15H12BrClF2O. The molecule has 0 saturated heterocycles. The topological polar surface area (TPSA) is 20.2 Å². The molecule has 1 unspecified atom stereocenters. The van der Waals surface area contributed by atoms with Crippen molar-refractivity contribution in [3.63, 3.8) is 0 Å². The molecule has 1 nitrogen and oxygen atoms in total. The van der Waals surface area contributed by atoms with Gasteiger partial charge in [0.05, 0.1) is 5.60 Å². The summed E-state index contributed by atoms with van der Waals surface area (Å²) in [7, 11) is 0. The maximum atomic E-state index is 13.7. The molecule has 1 N–H and O–H groups in total. The van der Waals surface area contributed by atoms with E-state index in [-0.39, 0.29) is 12.0 Å². The van der Waals surface area contributed by atoms with Crippen molar-refractivity contribution in [2.24, 2.45) is 0 Å². The molecular weight excluding hydrogens is 350 g/mol. The summed E-state index contributed by atoms with van der Waals surface area (Å²) in [6.07, 6.45) is -0.0715. The molecule has 0 amide bonds. The van der Waals surface area contributed by atoms with Gasteiger partial charge in [-0.15, -0.1) is 0 Å². The molecule has 0 aliphatic rings. The van der Waals surface area contributed by atoms with Gasteiger partial charge in [0.25, 0.3) is 0 Å². The van der Waals surface area contributed by atoms with Crippen molar-refractivity contribution in [3.8, 4) is 0 Å². The molecule has 0 aliphatic heterocycles. The van der Waals surface area contributed by atoms with Crippen LogP contribution < -0.4 is 0 Å². The summed E-state index contributed by atoms with van der Waals surface area (Å²) in [5.41, 5.74) is -0.827. The lowest BCUT2D eigenvalue weighted by molar-refractivity contribution is 0.0566. The number of hydrogen-bond acceptors (Lipinski definition) is 1. The molecule has 2 aromatic carbocycles. The minimum absolute atomic E-state index is 0.0715. The second-order valence-corrected chi connectivity index (χ2v) is 6.11.